The first-order valence-electron chi connectivity index (χ1n) is 3.61. The minimum atomic E-state index is 0.421. The van der Waals surface area contributed by atoms with E-state index in [1.165, 1.54) is 6.42 Å². The Morgan fingerprint density at radius 2 is 2.11 bits per heavy atom. The van der Waals surface area contributed by atoms with Crippen molar-refractivity contribution >= 4 is 0 Å². The number of ether oxygens (including phenoxy) is 2. The molecule has 3 unspecified atom stereocenters. The van der Waals surface area contributed by atoms with Crippen molar-refractivity contribution in [3.05, 3.63) is 0 Å². The molecule has 0 N–H and O–H groups in total. The molecular weight excluding hydrogens is 116 g/mol. The topological polar surface area (TPSA) is 21.8 Å². The molecule has 2 heteroatoms. The number of epoxide rings is 1. The summed E-state index contributed by atoms with van der Waals surface area (Å²) in [7, 11) is 0. The molecule has 0 bridgehead atoms. The molecule has 0 aliphatic carbocycles. The van der Waals surface area contributed by atoms with Gasteiger partial charge in [-0.15, -0.1) is 0 Å². The molecule has 0 saturated carbocycles. The van der Waals surface area contributed by atoms with Crippen molar-refractivity contribution < 1.29 is 9.47 Å². The quantitative estimate of drug-likeness (QED) is 0.487. The van der Waals surface area contributed by atoms with E-state index < -0.39 is 0 Å². The molecule has 0 aromatic rings. The normalized spacial score (nSPS) is 49.7. The van der Waals surface area contributed by atoms with Crippen LogP contribution in [0.5, 0.6) is 0 Å². The van der Waals surface area contributed by atoms with Crippen molar-refractivity contribution in [1.82, 2.24) is 0 Å². The van der Waals surface area contributed by atoms with E-state index in [-0.39, 0.29) is 0 Å². The lowest BCUT2D eigenvalue weighted by atomic mass is 10.0. The highest BCUT2D eigenvalue weighted by atomic mass is 16.6. The lowest BCUT2D eigenvalue weighted by molar-refractivity contribution is 0.0690. The van der Waals surface area contributed by atoms with Gasteiger partial charge in [0.25, 0.3) is 0 Å². The summed E-state index contributed by atoms with van der Waals surface area (Å²) in [4.78, 5) is 0. The SMILES string of the molecule is CC1CCOC1C1CO1. The fraction of sp³-hybridized carbons (Fsp3) is 1.00. The standard InChI is InChI=1S/C7H12O2/c1-5-2-3-8-7(5)6-4-9-6/h5-7H,2-4H2,1H3. The van der Waals surface area contributed by atoms with Crippen LogP contribution in [-0.4, -0.2) is 25.4 Å². The number of hydrogen-bond donors (Lipinski definition) is 0. The van der Waals surface area contributed by atoms with Gasteiger partial charge in [0.1, 0.15) is 6.10 Å². The fourth-order valence-electron chi connectivity index (χ4n) is 1.44. The summed E-state index contributed by atoms with van der Waals surface area (Å²) < 4.78 is 10.6. The first-order valence-corrected chi connectivity index (χ1v) is 3.61. The van der Waals surface area contributed by atoms with Gasteiger partial charge < -0.3 is 9.47 Å². The van der Waals surface area contributed by atoms with E-state index >= 15 is 0 Å². The molecule has 0 spiro atoms. The maximum atomic E-state index is 5.46. The predicted molar refractivity (Wildman–Crippen MR) is 33.3 cm³/mol. The number of rotatable bonds is 1. The summed E-state index contributed by atoms with van der Waals surface area (Å²) >= 11 is 0. The molecule has 0 aromatic carbocycles. The summed E-state index contributed by atoms with van der Waals surface area (Å²) in [6, 6.07) is 0. The molecule has 0 aromatic heterocycles. The summed E-state index contributed by atoms with van der Waals surface area (Å²) in [5, 5.41) is 0. The number of hydrogen-bond acceptors (Lipinski definition) is 2. The van der Waals surface area contributed by atoms with Crippen LogP contribution in [0.4, 0.5) is 0 Å². The van der Waals surface area contributed by atoms with Crippen LogP contribution in [0, 0.1) is 5.92 Å². The van der Waals surface area contributed by atoms with Gasteiger partial charge in [0, 0.05) is 6.61 Å². The van der Waals surface area contributed by atoms with Crippen LogP contribution in [0.15, 0.2) is 0 Å². The van der Waals surface area contributed by atoms with Crippen LogP contribution in [0.2, 0.25) is 0 Å². The first-order chi connectivity index (χ1) is 4.38. The monoisotopic (exact) mass is 128 g/mol. The van der Waals surface area contributed by atoms with E-state index in [0.717, 1.165) is 19.1 Å². The highest BCUT2D eigenvalue weighted by molar-refractivity contribution is 4.86. The van der Waals surface area contributed by atoms with Gasteiger partial charge in [0.15, 0.2) is 0 Å². The van der Waals surface area contributed by atoms with E-state index in [9.17, 15) is 0 Å². The Morgan fingerprint density at radius 3 is 2.56 bits per heavy atom. The van der Waals surface area contributed by atoms with E-state index in [1.54, 1.807) is 0 Å². The summed E-state index contributed by atoms with van der Waals surface area (Å²) in [6.07, 6.45) is 2.08. The Hall–Kier alpha value is -0.0800. The summed E-state index contributed by atoms with van der Waals surface area (Å²) in [6.45, 7) is 4.10. The smallest absolute Gasteiger partial charge is 0.107 e. The third-order valence-corrected chi connectivity index (χ3v) is 2.17. The van der Waals surface area contributed by atoms with Crippen molar-refractivity contribution in [2.24, 2.45) is 5.92 Å². The van der Waals surface area contributed by atoms with Gasteiger partial charge in [-0.05, 0) is 12.3 Å². The van der Waals surface area contributed by atoms with Crippen LogP contribution in [0.3, 0.4) is 0 Å². The summed E-state index contributed by atoms with van der Waals surface area (Å²) in [5.74, 6) is 0.720. The maximum absolute atomic E-state index is 5.46. The van der Waals surface area contributed by atoms with Gasteiger partial charge in [0.2, 0.25) is 0 Å². The van der Waals surface area contributed by atoms with Gasteiger partial charge in [-0.3, -0.25) is 0 Å². The molecule has 2 heterocycles. The largest absolute Gasteiger partial charge is 0.375 e. The molecule has 9 heavy (non-hydrogen) atoms. The van der Waals surface area contributed by atoms with Gasteiger partial charge in [-0.25, -0.2) is 0 Å². The van der Waals surface area contributed by atoms with E-state index in [1.807, 2.05) is 0 Å². The Morgan fingerprint density at radius 1 is 1.33 bits per heavy atom. The molecule has 2 saturated heterocycles. The fourth-order valence-corrected chi connectivity index (χ4v) is 1.44. The van der Waals surface area contributed by atoms with E-state index in [2.05, 4.69) is 6.92 Å². The van der Waals surface area contributed by atoms with Crippen molar-refractivity contribution in [3.63, 3.8) is 0 Å². The van der Waals surface area contributed by atoms with E-state index in [4.69, 9.17) is 9.47 Å². The molecule has 52 valence electrons. The minimum absolute atomic E-state index is 0.421. The Labute approximate surface area is 55.1 Å². The van der Waals surface area contributed by atoms with Crippen molar-refractivity contribution in [2.75, 3.05) is 13.2 Å². The molecule has 0 amide bonds. The average Bonchev–Trinajstić information content (AvgIpc) is 2.58. The highest BCUT2D eigenvalue weighted by Crippen LogP contribution is 2.29. The lowest BCUT2D eigenvalue weighted by Crippen LogP contribution is -2.19. The first kappa shape index (κ1) is 5.69. The zero-order valence-corrected chi connectivity index (χ0v) is 5.67. The second kappa shape index (κ2) is 1.96. The van der Waals surface area contributed by atoms with Crippen LogP contribution in [-0.2, 0) is 9.47 Å². The van der Waals surface area contributed by atoms with Gasteiger partial charge in [0.05, 0.1) is 12.7 Å². The van der Waals surface area contributed by atoms with Crippen LogP contribution in [0.25, 0.3) is 0 Å². The highest BCUT2D eigenvalue weighted by Gasteiger charge is 2.39. The van der Waals surface area contributed by atoms with E-state index in [0.29, 0.717) is 12.2 Å². The van der Waals surface area contributed by atoms with Crippen molar-refractivity contribution in [2.45, 2.75) is 25.6 Å². The van der Waals surface area contributed by atoms with Crippen molar-refractivity contribution in [1.29, 1.82) is 0 Å². The van der Waals surface area contributed by atoms with Crippen LogP contribution in [0.1, 0.15) is 13.3 Å². The average molecular weight is 128 g/mol. The maximum Gasteiger partial charge on any atom is 0.107 e. The summed E-state index contributed by atoms with van der Waals surface area (Å²) in [5.41, 5.74) is 0. The third kappa shape index (κ3) is 0.970. The second-order valence-electron chi connectivity index (χ2n) is 2.97. The molecule has 3 atom stereocenters. The zero-order valence-electron chi connectivity index (χ0n) is 5.67. The second-order valence-corrected chi connectivity index (χ2v) is 2.97. The third-order valence-electron chi connectivity index (χ3n) is 2.17. The van der Waals surface area contributed by atoms with Crippen LogP contribution < -0.4 is 0 Å². The Bertz CT molecular complexity index is 109. The molecule has 2 aliphatic rings. The Balaban J connectivity index is 1.93. The lowest BCUT2D eigenvalue weighted by Gasteiger charge is -2.09. The molecule has 2 nitrogen and oxygen atoms in total. The Kier molecular flexibility index (Phi) is 1.24. The predicted octanol–water partition coefficient (Wildman–Crippen LogP) is 0.810. The van der Waals surface area contributed by atoms with Gasteiger partial charge in [-0.1, -0.05) is 6.92 Å². The molecule has 2 aliphatic heterocycles. The molecule has 0 radical (unpaired) electrons. The zero-order chi connectivity index (χ0) is 6.27. The minimum Gasteiger partial charge on any atom is -0.375 e. The molecular formula is C7H12O2. The van der Waals surface area contributed by atoms with Crippen molar-refractivity contribution in [3.8, 4) is 0 Å². The molecule has 2 fully saturated rings. The van der Waals surface area contributed by atoms with Gasteiger partial charge in [-0.2, -0.15) is 0 Å². The van der Waals surface area contributed by atoms with Gasteiger partial charge >= 0.3 is 0 Å². The van der Waals surface area contributed by atoms with Crippen LogP contribution >= 0.6 is 0 Å². The molecule has 2 rings (SSSR count).